The minimum Gasteiger partial charge on any atom is -0.509 e. The highest BCUT2D eigenvalue weighted by atomic mass is 16.3. The topological polar surface area (TPSA) is 57.5 Å². The Hall–Kier alpha value is -1.87. The van der Waals surface area contributed by atoms with Gasteiger partial charge in [0.15, 0.2) is 0 Å². The van der Waals surface area contributed by atoms with Crippen molar-refractivity contribution in [1.29, 1.82) is 0 Å². The molecule has 3 saturated carbocycles. The number of hydrogen-bond acceptors (Lipinski definition) is 3. The zero-order valence-corrected chi connectivity index (χ0v) is 23.6. The summed E-state index contributed by atoms with van der Waals surface area (Å²) >= 11 is 0. The van der Waals surface area contributed by atoms with Gasteiger partial charge in [0.2, 0.25) is 0 Å². The van der Waals surface area contributed by atoms with Gasteiger partial charge in [-0.1, -0.05) is 52.3 Å². The lowest BCUT2D eigenvalue weighted by Gasteiger charge is -2.70. The van der Waals surface area contributed by atoms with Crippen LogP contribution in [0.25, 0.3) is 0 Å². The van der Waals surface area contributed by atoms with E-state index in [9.17, 15) is 15.0 Å². The fourth-order valence-electron chi connectivity index (χ4n) is 9.41. The molecule has 0 aromatic rings. The van der Waals surface area contributed by atoms with Gasteiger partial charge in [-0.15, -0.1) is 6.58 Å². The van der Waals surface area contributed by atoms with Gasteiger partial charge in [-0.3, -0.25) is 4.79 Å². The number of carbonyl (C=O) groups excluding carboxylic acids is 1. The van der Waals surface area contributed by atoms with E-state index in [1.165, 1.54) is 23.1 Å². The molecule has 2 N–H and O–H groups in total. The van der Waals surface area contributed by atoms with Crippen LogP contribution in [0.5, 0.6) is 0 Å². The highest BCUT2D eigenvalue weighted by Crippen LogP contribution is 2.76. The van der Waals surface area contributed by atoms with Gasteiger partial charge in [-0.05, 0) is 116 Å². The number of carbonyl (C=O) groups is 1. The SMILES string of the molecule is C=CCC1=C2C(=CC(O)C(O)=C2C)[C@]2(C)CC[C@@]3(C)[C@@H]4C[C@](C)(C(C)=O)CC[C@]4(C)CC[C@]3(C)C2=C1. The van der Waals surface area contributed by atoms with Crippen LogP contribution in [-0.4, -0.2) is 22.1 Å². The van der Waals surface area contributed by atoms with Crippen molar-refractivity contribution >= 4 is 5.78 Å². The quantitative estimate of drug-likeness (QED) is 0.395. The van der Waals surface area contributed by atoms with Gasteiger partial charge in [0.1, 0.15) is 17.6 Å². The van der Waals surface area contributed by atoms with Crippen molar-refractivity contribution in [3.8, 4) is 0 Å². The van der Waals surface area contributed by atoms with Crippen LogP contribution in [0.2, 0.25) is 0 Å². The lowest BCUT2D eigenvalue weighted by Crippen LogP contribution is -2.62. The van der Waals surface area contributed by atoms with Gasteiger partial charge in [-0.2, -0.15) is 0 Å². The highest BCUT2D eigenvalue weighted by molar-refractivity contribution is 5.82. The molecule has 36 heavy (non-hydrogen) atoms. The molecule has 5 rings (SSSR count). The zero-order valence-electron chi connectivity index (χ0n) is 23.6. The van der Waals surface area contributed by atoms with Crippen molar-refractivity contribution in [2.45, 2.75) is 106 Å². The molecule has 1 unspecified atom stereocenters. The maximum atomic E-state index is 12.8. The lowest BCUT2D eigenvalue weighted by molar-refractivity contribution is -0.167. The third-order valence-electron chi connectivity index (χ3n) is 12.4. The third kappa shape index (κ3) is 3.11. The van der Waals surface area contributed by atoms with Crippen LogP contribution in [0.3, 0.4) is 0 Å². The molecule has 3 fully saturated rings. The first-order valence-electron chi connectivity index (χ1n) is 14.1. The first kappa shape index (κ1) is 25.8. The van der Waals surface area contributed by atoms with E-state index < -0.39 is 6.10 Å². The molecule has 0 heterocycles. The molecule has 3 nitrogen and oxygen atoms in total. The van der Waals surface area contributed by atoms with E-state index in [1.807, 2.05) is 19.1 Å². The predicted molar refractivity (Wildman–Crippen MR) is 146 cm³/mol. The van der Waals surface area contributed by atoms with Crippen LogP contribution < -0.4 is 0 Å². The summed E-state index contributed by atoms with van der Waals surface area (Å²) in [6.45, 7) is 19.9. The van der Waals surface area contributed by atoms with E-state index in [0.29, 0.717) is 11.7 Å². The van der Waals surface area contributed by atoms with Gasteiger partial charge < -0.3 is 10.2 Å². The number of Topliss-reactive ketones (excluding diaryl/α,β-unsaturated/α-hetero) is 1. The summed E-state index contributed by atoms with van der Waals surface area (Å²) in [6, 6.07) is 0. The van der Waals surface area contributed by atoms with Gasteiger partial charge in [0.25, 0.3) is 0 Å². The molecule has 0 aliphatic heterocycles. The van der Waals surface area contributed by atoms with E-state index in [4.69, 9.17) is 0 Å². The first-order chi connectivity index (χ1) is 16.7. The van der Waals surface area contributed by atoms with Gasteiger partial charge in [0.05, 0.1) is 0 Å². The van der Waals surface area contributed by atoms with Crippen molar-refractivity contribution in [2.24, 2.45) is 33.0 Å². The van der Waals surface area contributed by atoms with Gasteiger partial charge in [-0.25, -0.2) is 0 Å². The predicted octanol–water partition coefficient (Wildman–Crippen LogP) is 7.94. The Labute approximate surface area is 218 Å². The average molecular weight is 491 g/mol. The molecule has 0 bridgehead atoms. The first-order valence-corrected chi connectivity index (χ1v) is 14.1. The van der Waals surface area contributed by atoms with E-state index in [0.717, 1.165) is 56.1 Å². The van der Waals surface area contributed by atoms with Crippen molar-refractivity contribution < 1.29 is 15.0 Å². The van der Waals surface area contributed by atoms with Crippen LogP contribution in [0.1, 0.15) is 99.8 Å². The van der Waals surface area contributed by atoms with Crippen LogP contribution in [0.15, 0.2) is 58.4 Å². The highest BCUT2D eigenvalue weighted by Gasteiger charge is 2.67. The minimum absolute atomic E-state index is 0.0000684. The second-order valence-electron chi connectivity index (χ2n) is 14.1. The van der Waals surface area contributed by atoms with E-state index in [-0.39, 0.29) is 32.8 Å². The zero-order chi connectivity index (χ0) is 26.5. The van der Waals surface area contributed by atoms with Crippen LogP contribution in [0, 0.1) is 33.0 Å². The molecular weight excluding hydrogens is 444 g/mol. The van der Waals surface area contributed by atoms with Crippen molar-refractivity contribution in [1.82, 2.24) is 0 Å². The van der Waals surface area contributed by atoms with E-state index in [2.05, 4.69) is 47.3 Å². The number of fused-ring (bicyclic) bond motifs is 7. The number of hydrogen-bond donors (Lipinski definition) is 2. The maximum Gasteiger partial charge on any atom is 0.135 e. The third-order valence-corrected chi connectivity index (χ3v) is 12.4. The molecule has 3 heteroatoms. The Kier molecular flexibility index (Phi) is 5.60. The fraction of sp³-hybridized carbons (Fsp3) is 0.667. The molecular formula is C33H46O3. The molecule has 0 saturated heterocycles. The Balaban J connectivity index is 1.70. The molecule has 0 amide bonds. The largest absolute Gasteiger partial charge is 0.509 e. The molecule has 7 atom stereocenters. The van der Waals surface area contributed by atoms with Crippen LogP contribution >= 0.6 is 0 Å². The Morgan fingerprint density at radius 1 is 1.08 bits per heavy atom. The molecule has 0 aromatic carbocycles. The summed E-state index contributed by atoms with van der Waals surface area (Å²) < 4.78 is 0. The number of rotatable bonds is 3. The number of ketones is 1. The number of allylic oxidation sites excluding steroid dienone is 7. The molecule has 5 aliphatic carbocycles. The Bertz CT molecular complexity index is 1170. The maximum absolute atomic E-state index is 12.8. The van der Waals surface area contributed by atoms with Gasteiger partial charge in [0, 0.05) is 10.8 Å². The van der Waals surface area contributed by atoms with Crippen molar-refractivity contribution in [2.75, 3.05) is 0 Å². The summed E-state index contributed by atoms with van der Waals surface area (Å²) in [4.78, 5) is 12.8. The second kappa shape index (κ2) is 7.82. The van der Waals surface area contributed by atoms with Crippen LogP contribution in [-0.2, 0) is 4.79 Å². The Morgan fingerprint density at radius 3 is 2.39 bits per heavy atom. The van der Waals surface area contributed by atoms with E-state index >= 15 is 0 Å². The fourth-order valence-corrected chi connectivity index (χ4v) is 9.41. The molecule has 5 aliphatic rings. The normalized spacial score (nSPS) is 46.1. The summed E-state index contributed by atoms with van der Waals surface area (Å²) in [7, 11) is 0. The van der Waals surface area contributed by atoms with Crippen molar-refractivity contribution in [3.63, 3.8) is 0 Å². The summed E-state index contributed by atoms with van der Waals surface area (Å²) in [5.74, 6) is 0.922. The minimum atomic E-state index is -0.949. The lowest BCUT2D eigenvalue weighted by atomic mass is 9.34. The molecule has 0 radical (unpaired) electrons. The molecule has 0 aromatic heterocycles. The molecule has 196 valence electrons. The summed E-state index contributed by atoms with van der Waals surface area (Å²) in [5, 5.41) is 21.4. The second-order valence-corrected chi connectivity index (χ2v) is 14.1. The average Bonchev–Trinajstić information content (AvgIpc) is 2.82. The smallest absolute Gasteiger partial charge is 0.135 e. The number of aliphatic hydroxyl groups excluding tert-OH is 2. The monoisotopic (exact) mass is 490 g/mol. The van der Waals surface area contributed by atoms with Gasteiger partial charge >= 0.3 is 0 Å². The Morgan fingerprint density at radius 2 is 1.75 bits per heavy atom. The summed E-state index contributed by atoms with van der Waals surface area (Å²) in [5.41, 5.74) is 5.78. The van der Waals surface area contributed by atoms with Crippen molar-refractivity contribution in [3.05, 3.63) is 58.4 Å². The molecule has 0 spiro atoms. The summed E-state index contributed by atoms with van der Waals surface area (Å²) in [6.07, 6.45) is 13.7. The number of aliphatic hydroxyl groups is 2. The van der Waals surface area contributed by atoms with E-state index in [1.54, 1.807) is 6.92 Å². The van der Waals surface area contributed by atoms with Crippen LogP contribution in [0.4, 0.5) is 0 Å². The standard InChI is InChI=1S/C33H46O3/c1-9-10-22-17-25-31(6,23-18-24(35)28(36)20(2)27(22)23)14-16-33(8)26-19-30(5,21(3)34)12-11-29(26,4)13-15-32(25,33)7/h9,17-18,24,26,35-36H,1,10-16,19H2,2-8H3/t24?,26-,29-,30-,31+,32-,33+/m1/s1.